The number of rotatable bonds is 6. The Bertz CT molecular complexity index is 639. The number of benzene rings is 1. The van der Waals surface area contributed by atoms with Crippen LogP contribution in [0.5, 0.6) is 0 Å². The summed E-state index contributed by atoms with van der Waals surface area (Å²) in [5.41, 5.74) is 2.86. The van der Waals surface area contributed by atoms with Gasteiger partial charge in [-0.2, -0.15) is 0 Å². The number of ether oxygens (including phenoxy) is 1. The van der Waals surface area contributed by atoms with Crippen LogP contribution >= 0.6 is 0 Å². The van der Waals surface area contributed by atoms with Crippen molar-refractivity contribution in [1.29, 1.82) is 0 Å². The van der Waals surface area contributed by atoms with Crippen LogP contribution in [0.2, 0.25) is 0 Å². The number of hydrogen-bond donors (Lipinski definition) is 1. The molecule has 0 aliphatic carbocycles. The first-order valence-corrected chi connectivity index (χ1v) is 8.62. The van der Waals surface area contributed by atoms with Crippen LogP contribution in [-0.2, 0) is 17.8 Å². The summed E-state index contributed by atoms with van der Waals surface area (Å²) in [5.74, 6) is 0. The molecule has 1 aromatic carbocycles. The van der Waals surface area contributed by atoms with E-state index in [9.17, 15) is 5.11 Å². The molecular formula is C20H26N2O2. The number of hydrogen-bond acceptors (Lipinski definition) is 4. The second kappa shape index (κ2) is 7.88. The van der Waals surface area contributed by atoms with Crippen molar-refractivity contribution in [2.24, 2.45) is 0 Å². The standard InChI is InChI=1S/C20H26N2O2/c1-17-19(8-5-11-21-17)15-22(14-18-6-3-2-4-7-18)16-20(23)9-12-24-13-10-20/h2-8,11,23H,9-10,12-16H2,1H3. The molecule has 0 bridgehead atoms. The molecule has 1 N–H and O–H groups in total. The van der Waals surface area contributed by atoms with Gasteiger partial charge in [0.15, 0.2) is 0 Å². The second-order valence-electron chi connectivity index (χ2n) is 6.72. The fraction of sp³-hybridized carbons (Fsp3) is 0.450. The van der Waals surface area contributed by atoms with Crippen LogP contribution in [-0.4, -0.2) is 40.3 Å². The average Bonchev–Trinajstić information content (AvgIpc) is 2.58. The first-order valence-electron chi connectivity index (χ1n) is 8.62. The Morgan fingerprint density at radius 2 is 1.83 bits per heavy atom. The SMILES string of the molecule is Cc1ncccc1CN(Cc1ccccc1)CC1(O)CCOCC1. The number of pyridine rings is 1. The van der Waals surface area contributed by atoms with Crippen LogP contribution in [0.1, 0.15) is 29.7 Å². The summed E-state index contributed by atoms with van der Waals surface area (Å²) in [7, 11) is 0. The van der Waals surface area contributed by atoms with Gasteiger partial charge in [-0.15, -0.1) is 0 Å². The fourth-order valence-corrected chi connectivity index (χ4v) is 3.26. The Hall–Kier alpha value is -1.75. The van der Waals surface area contributed by atoms with Gasteiger partial charge in [-0.05, 0) is 24.1 Å². The van der Waals surface area contributed by atoms with E-state index in [1.165, 1.54) is 11.1 Å². The zero-order valence-electron chi connectivity index (χ0n) is 14.3. The molecule has 128 valence electrons. The van der Waals surface area contributed by atoms with Crippen molar-refractivity contribution in [1.82, 2.24) is 9.88 Å². The molecule has 1 aliphatic rings. The molecule has 1 saturated heterocycles. The average molecular weight is 326 g/mol. The molecule has 0 unspecified atom stereocenters. The zero-order valence-corrected chi connectivity index (χ0v) is 14.3. The van der Waals surface area contributed by atoms with E-state index >= 15 is 0 Å². The predicted molar refractivity (Wildman–Crippen MR) is 94.5 cm³/mol. The van der Waals surface area contributed by atoms with Crippen molar-refractivity contribution >= 4 is 0 Å². The highest BCUT2D eigenvalue weighted by molar-refractivity contribution is 5.19. The summed E-state index contributed by atoms with van der Waals surface area (Å²) in [6.45, 7) is 5.58. The highest BCUT2D eigenvalue weighted by Crippen LogP contribution is 2.24. The van der Waals surface area contributed by atoms with Gasteiger partial charge >= 0.3 is 0 Å². The van der Waals surface area contributed by atoms with E-state index in [0.717, 1.165) is 18.8 Å². The van der Waals surface area contributed by atoms with Crippen LogP contribution < -0.4 is 0 Å². The summed E-state index contributed by atoms with van der Waals surface area (Å²) >= 11 is 0. The van der Waals surface area contributed by atoms with Crippen molar-refractivity contribution in [3.05, 3.63) is 65.5 Å². The molecule has 1 fully saturated rings. The third-order valence-electron chi connectivity index (χ3n) is 4.70. The van der Waals surface area contributed by atoms with Gasteiger partial charge in [-0.3, -0.25) is 9.88 Å². The maximum Gasteiger partial charge on any atom is 0.0818 e. The van der Waals surface area contributed by atoms with E-state index in [-0.39, 0.29) is 0 Å². The van der Waals surface area contributed by atoms with Crippen LogP contribution in [0.4, 0.5) is 0 Å². The minimum Gasteiger partial charge on any atom is -0.388 e. The molecule has 4 nitrogen and oxygen atoms in total. The van der Waals surface area contributed by atoms with E-state index in [1.807, 2.05) is 25.3 Å². The molecule has 2 heterocycles. The molecule has 0 spiro atoms. The molecule has 0 saturated carbocycles. The maximum absolute atomic E-state index is 10.9. The van der Waals surface area contributed by atoms with Crippen LogP contribution in [0.3, 0.4) is 0 Å². The molecule has 0 amide bonds. The van der Waals surface area contributed by atoms with Gasteiger partial charge in [0, 0.05) is 57.6 Å². The Balaban J connectivity index is 1.76. The molecule has 0 atom stereocenters. The Morgan fingerprint density at radius 1 is 1.08 bits per heavy atom. The van der Waals surface area contributed by atoms with Gasteiger partial charge < -0.3 is 9.84 Å². The van der Waals surface area contributed by atoms with E-state index in [1.54, 1.807) is 0 Å². The highest BCUT2D eigenvalue weighted by atomic mass is 16.5. The van der Waals surface area contributed by atoms with Gasteiger partial charge in [-0.1, -0.05) is 36.4 Å². The van der Waals surface area contributed by atoms with E-state index in [4.69, 9.17) is 4.74 Å². The lowest BCUT2D eigenvalue weighted by molar-refractivity contribution is -0.0821. The maximum atomic E-state index is 10.9. The predicted octanol–water partition coefficient (Wildman–Crippen LogP) is 2.93. The van der Waals surface area contributed by atoms with Crippen LogP contribution in [0.15, 0.2) is 48.7 Å². The normalized spacial score (nSPS) is 17.1. The Kier molecular flexibility index (Phi) is 5.61. The third-order valence-corrected chi connectivity index (χ3v) is 4.70. The highest BCUT2D eigenvalue weighted by Gasteiger charge is 2.32. The van der Waals surface area contributed by atoms with Crippen molar-refractivity contribution in [3.8, 4) is 0 Å². The summed E-state index contributed by atoms with van der Waals surface area (Å²) in [6, 6.07) is 14.5. The van der Waals surface area contributed by atoms with E-state index in [2.05, 4.69) is 40.2 Å². The van der Waals surface area contributed by atoms with Crippen LogP contribution in [0, 0.1) is 6.92 Å². The van der Waals surface area contributed by atoms with Gasteiger partial charge in [0.05, 0.1) is 5.60 Å². The topological polar surface area (TPSA) is 45.6 Å². The quantitative estimate of drug-likeness (QED) is 0.886. The number of nitrogens with zero attached hydrogens (tertiary/aromatic N) is 2. The lowest BCUT2D eigenvalue weighted by Crippen LogP contribution is -2.46. The summed E-state index contributed by atoms with van der Waals surface area (Å²) < 4.78 is 5.41. The largest absolute Gasteiger partial charge is 0.388 e. The van der Waals surface area contributed by atoms with Crippen molar-refractivity contribution in [2.45, 2.75) is 38.5 Å². The minimum atomic E-state index is -0.664. The minimum absolute atomic E-state index is 0.640. The molecule has 1 aromatic heterocycles. The second-order valence-corrected chi connectivity index (χ2v) is 6.72. The lowest BCUT2D eigenvalue weighted by Gasteiger charge is -2.37. The summed E-state index contributed by atoms with van der Waals surface area (Å²) in [6.07, 6.45) is 3.22. The molecular weight excluding hydrogens is 300 g/mol. The molecule has 2 aromatic rings. The number of aryl methyl sites for hydroxylation is 1. The number of aromatic nitrogens is 1. The van der Waals surface area contributed by atoms with Gasteiger partial charge in [0.1, 0.15) is 0 Å². The first kappa shape index (κ1) is 17.1. The molecule has 0 radical (unpaired) electrons. The number of aliphatic hydroxyl groups is 1. The smallest absolute Gasteiger partial charge is 0.0818 e. The van der Waals surface area contributed by atoms with Gasteiger partial charge in [0.25, 0.3) is 0 Å². The Labute approximate surface area is 144 Å². The van der Waals surface area contributed by atoms with E-state index < -0.39 is 5.60 Å². The summed E-state index contributed by atoms with van der Waals surface area (Å²) in [4.78, 5) is 6.72. The first-order chi connectivity index (χ1) is 11.6. The third kappa shape index (κ3) is 4.63. The van der Waals surface area contributed by atoms with Gasteiger partial charge in [0.2, 0.25) is 0 Å². The zero-order chi connectivity index (χ0) is 16.8. The van der Waals surface area contributed by atoms with Gasteiger partial charge in [-0.25, -0.2) is 0 Å². The van der Waals surface area contributed by atoms with Crippen LogP contribution in [0.25, 0.3) is 0 Å². The summed E-state index contributed by atoms with van der Waals surface area (Å²) in [5, 5.41) is 10.9. The fourth-order valence-electron chi connectivity index (χ4n) is 3.26. The molecule has 4 heteroatoms. The van der Waals surface area contributed by atoms with Crippen molar-refractivity contribution in [3.63, 3.8) is 0 Å². The van der Waals surface area contributed by atoms with Crippen molar-refractivity contribution < 1.29 is 9.84 Å². The monoisotopic (exact) mass is 326 g/mol. The molecule has 1 aliphatic heterocycles. The van der Waals surface area contributed by atoms with Crippen molar-refractivity contribution in [2.75, 3.05) is 19.8 Å². The Morgan fingerprint density at radius 3 is 2.54 bits per heavy atom. The molecule has 24 heavy (non-hydrogen) atoms. The lowest BCUT2D eigenvalue weighted by atomic mass is 9.93. The molecule has 3 rings (SSSR count). The van der Waals surface area contributed by atoms with E-state index in [0.29, 0.717) is 32.6 Å².